The van der Waals surface area contributed by atoms with Crippen molar-refractivity contribution < 1.29 is 22.7 Å². The number of aromatic nitrogens is 1. The first-order chi connectivity index (χ1) is 11.8. The Labute approximate surface area is 140 Å². The number of rotatable bonds is 3. The number of primary sulfonamides is 1. The van der Waals surface area contributed by atoms with Crippen molar-refractivity contribution >= 4 is 32.5 Å². The second-order valence-electron chi connectivity index (χ2n) is 5.06. The monoisotopic (exact) mass is 362 g/mol. The van der Waals surface area contributed by atoms with Crippen molar-refractivity contribution in [3.8, 4) is 5.88 Å². The number of aromatic amines is 1. The Morgan fingerprint density at radius 1 is 1.16 bits per heavy atom. The lowest BCUT2D eigenvalue weighted by Crippen LogP contribution is -2.12. The molecule has 2 aromatic carbocycles. The number of benzene rings is 2. The Bertz CT molecular complexity index is 1100. The zero-order chi connectivity index (χ0) is 18.2. The van der Waals surface area contributed by atoms with E-state index in [9.17, 15) is 22.7 Å². The molecule has 0 saturated carbocycles. The number of halogens is 1. The lowest BCUT2D eigenvalue weighted by atomic mass is 10.2. The van der Waals surface area contributed by atoms with Gasteiger partial charge in [-0.1, -0.05) is 12.1 Å². The van der Waals surface area contributed by atoms with Crippen LogP contribution in [-0.4, -0.2) is 24.4 Å². The fourth-order valence-corrected chi connectivity index (χ4v) is 2.71. The Kier molecular flexibility index (Phi) is 4.07. The number of nitrogens with two attached hydrogens (primary N) is 1. The first-order valence-electron chi connectivity index (χ1n) is 6.85. The molecule has 0 atom stereocenters. The van der Waals surface area contributed by atoms with E-state index in [2.05, 4.69) is 15.2 Å². The lowest BCUT2D eigenvalue weighted by Gasteiger charge is -1.98. The van der Waals surface area contributed by atoms with Gasteiger partial charge in [0.1, 0.15) is 5.82 Å². The largest absolute Gasteiger partial charge is 0.493 e. The van der Waals surface area contributed by atoms with Crippen LogP contribution in [-0.2, 0) is 10.0 Å². The van der Waals surface area contributed by atoms with Crippen LogP contribution in [0.2, 0.25) is 0 Å². The van der Waals surface area contributed by atoms with E-state index in [1.165, 1.54) is 30.3 Å². The van der Waals surface area contributed by atoms with Gasteiger partial charge in [-0.25, -0.2) is 17.9 Å². The molecule has 0 spiro atoms. The molecule has 1 heterocycles. The predicted octanol–water partition coefficient (Wildman–Crippen LogP) is 2.58. The van der Waals surface area contributed by atoms with Gasteiger partial charge in [-0.2, -0.15) is 0 Å². The molecule has 10 heteroatoms. The number of nitrogens with one attached hydrogen (secondary N) is 1. The van der Waals surface area contributed by atoms with Crippen molar-refractivity contribution in [1.29, 1.82) is 0 Å². The minimum atomic E-state index is -3.87. The standard InChI is InChI=1S/C15H11FN4O4S/c16-11-3-1-2-10-12(11)18-15(22)13(10)19-20-14(21)8-4-6-9(7-5-8)25(17,23)24/h1-7,18,22H,(H2,17,23,24). The van der Waals surface area contributed by atoms with E-state index in [1.54, 1.807) is 0 Å². The number of carbonyl (C=O) groups excluding carboxylic acids is 1. The number of sulfonamides is 1. The quantitative estimate of drug-likeness (QED) is 0.616. The molecule has 0 saturated heterocycles. The van der Waals surface area contributed by atoms with Gasteiger partial charge in [-0.05, 0) is 30.3 Å². The second-order valence-corrected chi connectivity index (χ2v) is 6.62. The van der Waals surface area contributed by atoms with Gasteiger partial charge in [0.2, 0.25) is 15.9 Å². The topological polar surface area (TPSA) is 138 Å². The van der Waals surface area contributed by atoms with E-state index in [4.69, 9.17) is 5.14 Å². The summed E-state index contributed by atoms with van der Waals surface area (Å²) in [6.07, 6.45) is 0. The van der Waals surface area contributed by atoms with E-state index in [0.717, 1.165) is 12.1 Å². The van der Waals surface area contributed by atoms with E-state index >= 15 is 0 Å². The highest BCUT2D eigenvalue weighted by Gasteiger charge is 2.14. The predicted molar refractivity (Wildman–Crippen MR) is 86.6 cm³/mol. The van der Waals surface area contributed by atoms with Gasteiger partial charge in [0.05, 0.1) is 10.4 Å². The summed E-state index contributed by atoms with van der Waals surface area (Å²) in [5, 5.41) is 22.2. The number of carbonyl (C=O) groups is 1. The number of hydrogen-bond acceptors (Lipinski definition) is 5. The van der Waals surface area contributed by atoms with Gasteiger partial charge in [0.25, 0.3) is 5.91 Å². The smallest absolute Gasteiger partial charge is 0.295 e. The van der Waals surface area contributed by atoms with Crippen LogP contribution in [0.25, 0.3) is 10.9 Å². The normalized spacial score (nSPS) is 12.1. The average Bonchev–Trinajstić information content (AvgIpc) is 2.89. The van der Waals surface area contributed by atoms with Crippen molar-refractivity contribution in [2.45, 2.75) is 4.90 Å². The summed E-state index contributed by atoms with van der Waals surface area (Å²) in [6.45, 7) is 0. The van der Waals surface area contributed by atoms with Crippen LogP contribution in [0, 0.1) is 5.82 Å². The first kappa shape index (κ1) is 16.7. The number of hydrogen-bond donors (Lipinski definition) is 3. The van der Waals surface area contributed by atoms with Gasteiger partial charge in [0, 0.05) is 10.9 Å². The minimum absolute atomic E-state index is 0.0407. The molecule has 3 aromatic rings. The van der Waals surface area contributed by atoms with Crippen molar-refractivity contribution in [2.24, 2.45) is 15.4 Å². The number of amides is 1. The zero-order valence-corrected chi connectivity index (χ0v) is 13.3. The van der Waals surface area contributed by atoms with Crippen LogP contribution >= 0.6 is 0 Å². The summed E-state index contributed by atoms with van der Waals surface area (Å²) in [4.78, 5) is 14.3. The molecule has 0 radical (unpaired) electrons. The fraction of sp³-hybridized carbons (Fsp3) is 0. The molecule has 0 fully saturated rings. The number of para-hydroxylation sites is 1. The Morgan fingerprint density at radius 2 is 1.84 bits per heavy atom. The maximum atomic E-state index is 13.6. The third-order valence-corrected chi connectivity index (χ3v) is 4.34. The Morgan fingerprint density at radius 3 is 2.48 bits per heavy atom. The summed E-state index contributed by atoms with van der Waals surface area (Å²) < 4.78 is 36.0. The molecule has 128 valence electrons. The second kappa shape index (κ2) is 6.07. The summed E-state index contributed by atoms with van der Waals surface area (Å²) in [5.74, 6) is -1.79. The molecule has 0 aliphatic heterocycles. The molecule has 25 heavy (non-hydrogen) atoms. The summed E-state index contributed by atoms with van der Waals surface area (Å²) in [7, 11) is -3.87. The van der Waals surface area contributed by atoms with E-state index in [-0.39, 0.29) is 27.0 Å². The van der Waals surface area contributed by atoms with Gasteiger partial charge in [-0.15, -0.1) is 10.2 Å². The highest BCUT2D eigenvalue weighted by atomic mass is 32.2. The minimum Gasteiger partial charge on any atom is -0.493 e. The van der Waals surface area contributed by atoms with Crippen LogP contribution in [0.15, 0.2) is 57.6 Å². The van der Waals surface area contributed by atoms with Crippen molar-refractivity contribution in [3.05, 3.63) is 53.8 Å². The average molecular weight is 362 g/mol. The number of aromatic hydroxyl groups is 1. The van der Waals surface area contributed by atoms with Gasteiger partial charge in [0.15, 0.2) is 5.69 Å². The van der Waals surface area contributed by atoms with Crippen molar-refractivity contribution in [1.82, 2.24) is 4.98 Å². The number of H-pyrrole nitrogens is 1. The molecular weight excluding hydrogens is 351 g/mol. The number of azo groups is 1. The summed E-state index contributed by atoms with van der Waals surface area (Å²) >= 11 is 0. The third kappa shape index (κ3) is 3.25. The molecule has 0 aliphatic carbocycles. The van der Waals surface area contributed by atoms with Crippen LogP contribution in [0.5, 0.6) is 5.88 Å². The van der Waals surface area contributed by atoms with E-state index < -0.39 is 27.6 Å². The lowest BCUT2D eigenvalue weighted by molar-refractivity contribution is 0.0995. The van der Waals surface area contributed by atoms with Crippen LogP contribution in [0.3, 0.4) is 0 Å². The zero-order valence-electron chi connectivity index (χ0n) is 12.5. The number of fused-ring (bicyclic) bond motifs is 1. The van der Waals surface area contributed by atoms with Crippen LogP contribution in [0.4, 0.5) is 10.1 Å². The van der Waals surface area contributed by atoms with Crippen LogP contribution < -0.4 is 5.14 Å². The molecule has 0 bridgehead atoms. The Hall–Kier alpha value is -3.11. The highest BCUT2D eigenvalue weighted by molar-refractivity contribution is 7.89. The molecular formula is C15H11FN4O4S. The molecule has 1 amide bonds. The summed E-state index contributed by atoms with van der Waals surface area (Å²) in [5.41, 5.74) is 0.0320. The molecule has 4 N–H and O–H groups in total. The molecule has 3 rings (SSSR count). The van der Waals surface area contributed by atoms with Gasteiger partial charge >= 0.3 is 0 Å². The van der Waals surface area contributed by atoms with Gasteiger partial charge < -0.3 is 10.1 Å². The number of nitrogens with zero attached hydrogens (tertiary/aromatic N) is 2. The fourth-order valence-electron chi connectivity index (χ4n) is 2.20. The maximum absolute atomic E-state index is 13.6. The Balaban J connectivity index is 1.91. The molecule has 0 unspecified atom stereocenters. The summed E-state index contributed by atoms with van der Waals surface area (Å²) in [6, 6.07) is 8.93. The van der Waals surface area contributed by atoms with Crippen molar-refractivity contribution in [2.75, 3.05) is 0 Å². The van der Waals surface area contributed by atoms with Crippen LogP contribution in [0.1, 0.15) is 10.4 Å². The van der Waals surface area contributed by atoms with E-state index in [1.807, 2.05) is 0 Å². The first-order valence-corrected chi connectivity index (χ1v) is 8.40. The molecule has 8 nitrogen and oxygen atoms in total. The highest BCUT2D eigenvalue weighted by Crippen LogP contribution is 2.36. The SMILES string of the molecule is NS(=O)(=O)c1ccc(C(=O)N=Nc2c(O)[nH]c3c(F)cccc23)cc1. The maximum Gasteiger partial charge on any atom is 0.295 e. The third-order valence-electron chi connectivity index (χ3n) is 3.41. The van der Waals surface area contributed by atoms with Gasteiger partial charge in [-0.3, -0.25) is 4.79 Å². The molecule has 0 aliphatic rings. The van der Waals surface area contributed by atoms with E-state index in [0.29, 0.717) is 0 Å². The molecule has 1 aromatic heterocycles. The van der Waals surface area contributed by atoms with Crippen molar-refractivity contribution in [3.63, 3.8) is 0 Å².